The molecule has 0 saturated carbocycles. The second-order valence-corrected chi connectivity index (χ2v) is 6.79. The molecule has 0 aliphatic carbocycles. The van der Waals surface area contributed by atoms with Crippen molar-refractivity contribution in [1.82, 2.24) is 0 Å². The van der Waals surface area contributed by atoms with Crippen LogP contribution in [-0.4, -0.2) is 7.69 Å². The van der Waals surface area contributed by atoms with Crippen LogP contribution in [0.15, 0.2) is 118 Å². The monoisotopic (exact) mass is 435 g/mol. The first-order valence-corrected chi connectivity index (χ1v) is 10.1. The van der Waals surface area contributed by atoms with Gasteiger partial charge < -0.3 is 20.8 Å². The van der Waals surface area contributed by atoms with E-state index in [4.69, 9.17) is 20.8 Å². The molecular weight excluding hydrogens is 415 g/mol. The molecule has 0 saturated heterocycles. The highest BCUT2D eigenvalue weighted by atomic mass is 16.6. The highest BCUT2D eigenvalue weighted by Gasteiger charge is 2.14. The summed E-state index contributed by atoms with van der Waals surface area (Å²) in [5.41, 5.74) is 15.2. The minimum atomic E-state index is 0.305. The molecule has 0 bridgehead atoms. The van der Waals surface area contributed by atoms with Crippen LogP contribution in [0.5, 0.6) is 11.5 Å². The molecule has 9 heteroatoms. The lowest BCUT2D eigenvalue weighted by molar-refractivity contribution is 0.462. The quantitative estimate of drug-likeness (QED) is 0.182. The molecule has 4 N–H and O–H groups in total. The normalized spacial score (nSPS) is 11.0. The molecule has 1 radical (unpaired) electrons. The van der Waals surface area contributed by atoms with Crippen molar-refractivity contribution in [2.24, 2.45) is 20.5 Å². The first-order chi connectivity index (χ1) is 16.2. The van der Waals surface area contributed by atoms with E-state index in [1.807, 2.05) is 60.7 Å². The molecule has 0 aliphatic rings. The van der Waals surface area contributed by atoms with Crippen LogP contribution in [0.2, 0.25) is 0 Å². The van der Waals surface area contributed by atoms with Crippen LogP contribution in [-0.2, 0) is 0 Å². The van der Waals surface area contributed by atoms with Gasteiger partial charge in [-0.25, -0.2) is 0 Å². The number of nitrogen functional groups attached to an aromatic ring is 2. The van der Waals surface area contributed by atoms with Gasteiger partial charge in [0.25, 0.3) is 0 Å². The van der Waals surface area contributed by atoms with E-state index < -0.39 is 0 Å². The van der Waals surface area contributed by atoms with Gasteiger partial charge in [-0.05, 0) is 48.5 Å². The third-order valence-electron chi connectivity index (χ3n) is 4.44. The van der Waals surface area contributed by atoms with Gasteiger partial charge in [0.2, 0.25) is 0 Å². The van der Waals surface area contributed by atoms with E-state index in [1.165, 1.54) is 0 Å². The van der Waals surface area contributed by atoms with Gasteiger partial charge >= 0.3 is 7.69 Å². The molecule has 4 aromatic carbocycles. The maximum atomic E-state index is 6.08. The van der Waals surface area contributed by atoms with Crippen molar-refractivity contribution >= 4 is 41.8 Å². The molecule has 0 fully saturated rings. The Morgan fingerprint density at radius 2 is 0.909 bits per heavy atom. The lowest BCUT2D eigenvalue weighted by Gasteiger charge is -2.12. The van der Waals surface area contributed by atoms with Crippen LogP contribution in [0.3, 0.4) is 0 Å². The largest absolute Gasteiger partial charge is 0.658 e. The summed E-state index contributed by atoms with van der Waals surface area (Å²) in [7, 11) is 1.13. The summed E-state index contributed by atoms with van der Waals surface area (Å²) in [6.07, 6.45) is 0. The Bertz CT molecular complexity index is 1170. The van der Waals surface area contributed by atoms with Crippen molar-refractivity contribution in [2.45, 2.75) is 0 Å². The Balaban J connectivity index is 1.49. The van der Waals surface area contributed by atoms with E-state index in [0.29, 0.717) is 45.6 Å². The van der Waals surface area contributed by atoms with E-state index in [1.54, 1.807) is 36.4 Å². The lowest BCUT2D eigenvalue weighted by Crippen LogP contribution is -2.13. The third-order valence-corrected chi connectivity index (χ3v) is 4.44. The van der Waals surface area contributed by atoms with Gasteiger partial charge in [-0.15, -0.1) is 10.2 Å². The molecule has 0 heterocycles. The lowest BCUT2D eigenvalue weighted by atomic mass is 10.2. The number of rotatable bonds is 8. The van der Waals surface area contributed by atoms with Crippen molar-refractivity contribution in [1.29, 1.82) is 0 Å². The average Bonchev–Trinajstić information content (AvgIpc) is 2.85. The first-order valence-electron chi connectivity index (χ1n) is 10.1. The zero-order valence-electron chi connectivity index (χ0n) is 17.6. The Morgan fingerprint density at radius 3 is 1.33 bits per heavy atom. The highest BCUT2D eigenvalue weighted by molar-refractivity contribution is 6.21. The number of azo groups is 2. The molecule has 0 spiro atoms. The first kappa shape index (κ1) is 21.6. The molecular formula is C24H20BN6O2. The summed E-state index contributed by atoms with van der Waals surface area (Å²) >= 11 is 0. The third kappa shape index (κ3) is 5.73. The van der Waals surface area contributed by atoms with Crippen molar-refractivity contribution in [2.75, 3.05) is 11.5 Å². The maximum Gasteiger partial charge on any atom is 0.658 e. The predicted molar refractivity (Wildman–Crippen MR) is 130 cm³/mol. The average molecular weight is 435 g/mol. The molecule has 0 amide bonds. The molecule has 0 aromatic heterocycles. The van der Waals surface area contributed by atoms with Crippen LogP contribution < -0.4 is 20.8 Å². The molecule has 4 aromatic rings. The predicted octanol–water partition coefficient (Wildman–Crippen LogP) is 6.67. The molecule has 161 valence electrons. The van der Waals surface area contributed by atoms with Crippen LogP contribution in [0, 0.1) is 0 Å². The molecule has 8 nitrogen and oxygen atoms in total. The maximum absolute atomic E-state index is 6.08. The van der Waals surface area contributed by atoms with Crippen LogP contribution in [0.25, 0.3) is 0 Å². The van der Waals surface area contributed by atoms with Crippen molar-refractivity contribution < 1.29 is 9.31 Å². The fraction of sp³-hybridized carbons (Fsp3) is 0. The Hall–Kier alpha value is -4.66. The van der Waals surface area contributed by atoms with E-state index in [-0.39, 0.29) is 0 Å². The van der Waals surface area contributed by atoms with E-state index >= 15 is 0 Å². The van der Waals surface area contributed by atoms with Gasteiger partial charge in [0.05, 0.1) is 22.7 Å². The number of para-hydroxylation sites is 2. The van der Waals surface area contributed by atoms with Gasteiger partial charge in [-0.3, -0.25) is 0 Å². The van der Waals surface area contributed by atoms with Crippen molar-refractivity contribution in [3.05, 3.63) is 97.1 Å². The summed E-state index contributed by atoms with van der Waals surface area (Å²) in [5.74, 6) is 0.610. The SMILES string of the molecule is Nc1cccc(N=Nc2ccccc2)c1O[B]Oc1c(N)cccc1N=Nc1ccccc1. The van der Waals surface area contributed by atoms with Crippen LogP contribution >= 0.6 is 0 Å². The summed E-state index contributed by atoms with van der Waals surface area (Å²) in [6, 6.07) is 29.1. The Kier molecular flexibility index (Phi) is 6.92. The molecule has 0 aliphatic heterocycles. The molecule has 0 atom stereocenters. The number of nitrogens with two attached hydrogens (primary N) is 2. The van der Waals surface area contributed by atoms with Gasteiger partial charge in [0, 0.05) is 0 Å². The number of benzene rings is 4. The van der Waals surface area contributed by atoms with Crippen molar-refractivity contribution in [3.63, 3.8) is 0 Å². The number of anilines is 2. The standard InChI is InChI=1S/C24H20BN6O2/c26-19-13-7-15-21(30-28-17-9-3-1-4-10-17)23(19)32-25-33-24-20(27)14-8-16-22(24)31-29-18-11-5-2-6-12-18/h1-16H,26-27H2. The Morgan fingerprint density at radius 1 is 0.485 bits per heavy atom. The molecule has 33 heavy (non-hydrogen) atoms. The summed E-state index contributed by atoms with van der Waals surface area (Å²) in [5, 5.41) is 16.9. The van der Waals surface area contributed by atoms with Gasteiger partial charge in [0.1, 0.15) is 11.4 Å². The van der Waals surface area contributed by atoms with Crippen LogP contribution in [0.1, 0.15) is 0 Å². The topological polar surface area (TPSA) is 120 Å². The fourth-order valence-corrected chi connectivity index (χ4v) is 2.83. The highest BCUT2D eigenvalue weighted by Crippen LogP contribution is 2.36. The summed E-state index contributed by atoms with van der Waals surface area (Å²) in [4.78, 5) is 0. The van der Waals surface area contributed by atoms with E-state index in [0.717, 1.165) is 7.69 Å². The minimum Gasteiger partial charge on any atom is -0.523 e. The van der Waals surface area contributed by atoms with Gasteiger partial charge in [-0.2, -0.15) is 10.2 Å². The van der Waals surface area contributed by atoms with Crippen LogP contribution in [0.4, 0.5) is 34.1 Å². The molecule has 4 rings (SSSR count). The minimum absolute atomic E-state index is 0.305. The van der Waals surface area contributed by atoms with E-state index in [9.17, 15) is 0 Å². The summed E-state index contributed by atoms with van der Waals surface area (Å²) < 4.78 is 11.4. The smallest absolute Gasteiger partial charge is 0.523 e. The summed E-state index contributed by atoms with van der Waals surface area (Å²) in [6.45, 7) is 0. The zero-order chi connectivity index (χ0) is 22.9. The second-order valence-electron chi connectivity index (χ2n) is 6.79. The second kappa shape index (κ2) is 10.6. The fourth-order valence-electron chi connectivity index (χ4n) is 2.83. The zero-order valence-corrected chi connectivity index (χ0v) is 17.6. The van der Waals surface area contributed by atoms with E-state index in [2.05, 4.69) is 20.5 Å². The van der Waals surface area contributed by atoms with Gasteiger partial charge in [-0.1, -0.05) is 48.5 Å². The molecule has 0 unspecified atom stereocenters. The van der Waals surface area contributed by atoms with Crippen molar-refractivity contribution in [3.8, 4) is 11.5 Å². The Labute approximate surface area is 191 Å². The number of hydrogen-bond acceptors (Lipinski definition) is 8. The number of hydrogen-bond donors (Lipinski definition) is 2. The van der Waals surface area contributed by atoms with Gasteiger partial charge in [0.15, 0.2) is 11.5 Å². The number of nitrogens with zero attached hydrogens (tertiary/aromatic N) is 4.